The number of nitrogens with one attached hydrogen (secondary N) is 2. The van der Waals surface area contributed by atoms with Gasteiger partial charge < -0.3 is 14.6 Å². The summed E-state index contributed by atoms with van der Waals surface area (Å²) in [6.45, 7) is 1.40. The first-order chi connectivity index (χ1) is 11.2. The quantitative estimate of drug-likeness (QED) is 0.762. The summed E-state index contributed by atoms with van der Waals surface area (Å²) < 4.78 is 18.8. The summed E-state index contributed by atoms with van der Waals surface area (Å²) in [5, 5.41) is 7.64. The van der Waals surface area contributed by atoms with E-state index in [1.165, 1.54) is 12.1 Å². The molecule has 1 fully saturated rings. The Balaban J connectivity index is 1.67. The van der Waals surface area contributed by atoms with Gasteiger partial charge in [0, 0.05) is 23.6 Å². The van der Waals surface area contributed by atoms with Gasteiger partial charge in [-0.15, -0.1) is 0 Å². The minimum atomic E-state index is -0.333. The minimum absolute atomic E-state index is 0.135. The number of ether oxygens (including phenoxy) is 1. The molecule has 0 radical (unpaired) electrons. The molecule has 2 N–H and O–H groups in total. The minimum Gasteiger partial charge on any atom is -0.377 e. The van der Waals surface area contributed by atoms with Crippen molar-refractivity contribution in [3.05, 3.63) is 53.7 Å². The lowest BCUT2D eigenvalue weighted by molar-refractivity contribution is -0.00416. The van der Waals surface area contributed by atoms with Crippen LogP contribution in [0.1, 0.15) is 22.2 Å². The molecule has 23 heavy (non-hydrogen) atoms. The highest BCUT2D eigenvalue weighted by Gasteiger charge is 2.31. The summed E-state index contributed by atoms with van der Waals surface area (Å²) in [5.74, 6) is -0.468. The van der Waals surface area contributed by atoms with Crippen LogP contribution in [0.2, 0.25) is 0 Å². The molecule has 2 aromatic heterocycles. The fourth-order valence-electron chi connectivity index (χ4n) is 2.93. The normalized spacial score (nSPS) is 18.5. The largest absolute Gasteiger partial charge is 0.377 e. The first-order valence-electron chi connectivity index (χ1n) is 7.38. The second-order valence-electron chi connectivity index (χ2n) is 5.52. The van der Waals surface area contributed by atoms with E-state index >= 15 is 0 Å². The Hall–Kier alpha value is -2.67. The summed E-state index contributed by atoms with van der Waals surface area (Å²) in [6.07, 6.45) is 1.65. The van der Waals surface area contributed by atoms with Crippen molar-refractivity contribution in [2.24, 2.45) is 0 Å². The van der Waals surface area contributed by atoms with Crippen LogP contribution >= 0.6 is 0 Å². The number of amides is 1. The van der Waals surface area contributed by atoms with Crippen LogP contribution in [0.4, 0.5) is 4.39 Å². The van der Waals surface area contributed by atoms with Crippen LogP contribution < -0.4 is 0 Å². The molecule has 1 aliphatic rings. The first-order valence-corrected chi connectivity index (χ1v) is 7.38. The number of aromatic nitrogens is 3. The lowest BCUT2D eigenvalue weighted by atomic mass is 10.1. The third kappa shape index (κ3) is 2.49. The van der Waals surface area contributed by atoms with Gasteiger partial charge in [-0.2, -0.15) is 5.10 Å². The molecule has 4 rings (SSSR count). The van der Waals surface area contributed by atoms with Crippen LogP contribution in [-0.2, 0) is 4.74 Å². The highest BCUT2D eigenvalue weighted by atomic mass is 19.1. The van der Waals surface area contributed by atoms with Crippen molar-refractivity contribution < 1.29 is 13.9 Å². The highest BCUT2D eigenvalue weighted by molar-refractivity contribution is 5.98. The van der Waals surface area contributed by atoms with Crippen molar-refractivity contribution in [2.45, 2.75) is 6.04 Å². The van der Waals surface area contributed by atoms with E-state index in [0.717, 1.165) is 11.1 Å². The second kappa shape index (κ2) is 5.51. The van der Waals surface area contributed by atoms with Crippen LogP contribution in [-0.4, -0.2) is 45.7 Å². The van der Waals surface area contributed by atoms with Crippen molar-refractivity contribution in [2.75, 3.05) is 19.8 Å². The molecule has 0 aliphatic carbocycles. The van der Waals surface area contributed by atoms with Crippen LogP contribution in [0.5, 0.6) is 0 Å². The molecular formula is C16H15FN4O2. The van der Waals surface area contributed by atoms with Gasteiger partial charge in [0.2, 0.25) is 0 Å². The van der Waals surface area contributed by atoms with E-state index in [0.29, 0.717) is 31.0 Å². The summed E-state index contributed by atoms with van der Waals surface area (Å²) in [5.41, 5.74) is 1.89. The lowest BCUT2D eigenvalue weighted by Gasteiger charge is -2.34. The fourth-order valence-corrected chi connectivity index (χ4v) is 2.93. The van der Waals surface area contributed by atoms with E-state index in [1.807, 2.05) is 6.07 Å². The van der Waals surface area contributed by atoms with Crippen molar-refractivity contribution in [3.63, 3.8) is 0 Å². The number of hydrogen-bond donors (Lipinski definition) is 2. The van der Waals surface area contributed by atoms with Gasteiger partial charge in [0.1, 0.15) is 11.5 Å². The van der Waals surface area contributed by atoms with Gasteiger partial charge >= 0.3 is 0 Å². The van der Waals surface area contributed by atoms with Crippen molar-refractivity contribution in [1.29, 1.82) is 0 Å². The van der Waals surface area contributed by atoms with Gasteiger partial charge in [0.15, 0.2) is 0 Å². The summed E-state index contributed by atoms with van der Waals surface area (Å²) in [6, 6.07) is 7.80. The third-order valence-corrected chi connectivity index (χ3v) is 4.09. The van der Waals surface area contributed by atoms with E-state index in [9.17, 15) is 9.18 Å². The molecule has 1 saturated heterocycles. The van der Waals surface area contributed by atoms with Crippen LogP contribution in [0.3, 0.4) is 0 Å². The highest BCUT2D eigenvalue weighted by Crippen LogP contribution is 2.25. The van der Waals surface area contributed by atoms with Crippen LogP contribution in [0.15, 0.2) is 36.5 Å². The van der Waals surface area contributed by atoms with Gasteiger partial charge in [0.05, 0.1) is 24.9 Å². The van der Waals surface area contributed by atoms with Gasteiger partial charge in [-0.1, -0.05) is 0 Å². The van der Waals surface area contributed by atoms with Gasteiger partial charge in [-0.3, -0.25) is 9.89 Å². The standard InChI is InChI=1S/C16H15FN4O2/c17-11-2-1-10-7-14(19-13(10)8-11)16(22)21-5-6-23-9-15(21)12-3-4-18-20-12/h1-4,7-8,15,19H,5-6,9H2,(H,18,20). The Morgan fingerprint density at radius 3 is 3.09 bits per heavy atom. The number of carbonyl (C=O) groups excluding carboxylic acids is 1. The Labute approximate surface area is 131 Å². The van der Waals surface area contributed by atoms with E-state index in [-0.39, 0.29) is 17.8 Å². The number of hydrogen-bond acceptors (Lipinski definition) is 3. The maximum Gasteiger partial charge on any atom is 0.271 e. The average molecular weight is 314 g/mol. The van der Waals surface area contributed by atoms with E-state index in [4.69, 9.17) is 4.74 Å². The van der Waals surface area contributed by atoms with Crippen molar-refractivity contribution >= 4 is 16.8 Å². The lowest BCUT2D eigenvalue weighted by Crippen LogP contribution is -2.43. The number of carbonyl (C=O) groups is 1. The molecule has 0 saturated carbocycles. The molecule has 0 spiro atoms. The number of rotatable bonds is 2. The zero-order chi connectivity index (χ0) is 15.8. The fraction of sp³-hybridized carbons (Fsp3) is 0.250. The Bertz CT molecular complexity index is 843. The van der Waals surface area contributed by atoms with Crippen molar-refractivity contribution in [1.82, 2.24) is 20.1 Å². The third-order valence-electron chi connectivity index (χ3n) is 4.09. The molecule has 0 bridgehead atoms. The van der Waals surface area contributed by atoms with Gasteiger partial charge in [-0.05, 0) is 30.3 Å². The molecule has 118 valence electrons. The number of nitrogens with zero attached hydrogens (tertiary/aromatic N) is 2. The number of morpholine rings is 1. The molecule has 1 amide bonds. The molecule has 1 aromatic carbocycles. The maximum atomic E-state index is 13.3. The van der Waals surface area contributed by atoms with Crippen LogP contribution in [0.25, 0.3) is 10.9 Å². The number of aromatic amines is 2. The second-order valence-corrected chi connectivity index (χ2v) is 5.52. The predicted octanol–water partition coefficient (Wildman–Crippen LogP) is 2.24. The topological polar surface area (TPSA) is 74.0 Å². The zero-order valence-electron chi connectivity index (χ0n) is 12.3. The molecule has 3 aromatic rings. The number of benzene rings is 1. The van der Waals surface area contributed by atoms with Gasteiger partial charge in [-0.25, -0.2) is 4.39 Å². The van der Waals surface area contributed by atoms with E-state index in [2.05, 4.69) is 15.2 Å². The maximum absolute atomic E-state index is 13.3. The number of halogens is 1. The van der Waals surface area contributed by atoms with Crippen LogP contribution in [0, 0.1) is 5.82 Å². The molecule has 3 heterocycles. The van der Waals surface area contributed by atoms with Gasteiger partial charge in [0.25, 0.3) is 5.91 Å². The average Bonchev–Trinajstić information content (AvgIpc) is 3.23. The number of H-pyrrole nitrogens is 2. The Kier molecular flexibility index (Phi) is 3.34. The van der Waals surface area contributed by atoms with E-state index < -0.39 is 0 Å². The van der Waals surface area contributed by atoms with E-state index in [1.54, 1.807) is 23.2 Å². The molecule has 7 heteroatoms. The predicted molar refractivity (Wildman–Crippen MR) is 81.4 cm³/mol. The molecule has 1 aliphatic heterocycles. The molecule has 1 atom stereocenters. The summed E-state index contributed by atoms with van der Waals surface area (Å²) >= 11 is 0. The molecule has 1 unspecified atom stereocenters. The Morgan fingerprint density at radius 1 is 1.35 bits per heavy atom. The SMILES string of the molecule is O=C(c1cc2ccc(F)cc2[nH]1)N1CCOCC1c1ccn[nH]1. The Morgan fingerprint density at radius 2 is 2.26 bits per heavy atom. The number of fused-ring (bicyclic) bond motifs is 1. The smallest absolute Gasteiger partial charge is 0.271 e. The molecular weight excluding hydrogens is 299 g/mol. The van der Waals surface area contributed by atoms with Crippen molar-refractivity contribution in [3.8, 4) is 0 Å². The monoisotopic (exact) mass is 314 g/mol. The summed E-state index contributed by atoms with van der Waals surface area (Å²) in [7, 11) is 0. The summed E-state index contributed by atoms with van der Waals surface area (Å²) in [4.78, 5) is 17.6. The molecule has 6 nitrogen and oxygen atoms in total. The first kappa shape index (κ1) is 14.0. The zero-order valence-corrected chi connectivity index (χ0v) is 12.3.